The SMILES string of the molecule is CCCCCNC(=O)[C@@H]1[C@H]2C=C[C@@H](C)[C@@H](C(=O)NC)[C@@H]2C(=O)N1CCO. The summed E-state index contributed by atoms with van der Waals surface area (Å²) in [6, 6.07) is -0.669. The second kappa shape index (κ2) is 9.16. The van der Waals surface area contributed by atoms with Crippen LogP contribution in [-0.2, 0) is 14.4 Å². The van der Waals surface area contributed by atoms with Crippen LogP contribution in [0.25, 0.3) is 0 Å². The van der Waals surface area contributed by atoms with Crippen molar-refractivity contribution in [2.45, 2.75) is 39.2 Å². The van der Waals surface area contributed by atoms with Gasteiger partial charge in [-0.25, -0.2) is 0 Å². The number of allylic oxidation sites excluding steroid dienone is 1. The Morgan fingerprint density at radius 3 is 2.58 bits per heavy atom. The zero-order chi connectivity index (χ0) is 19.3. The average molecular weight is 365 g/mol. The van der Waals surface area contributed by atoms with E-state index in [4.69, 9.17) is 0 Å². The van der Waals surface area contributed by atoms with Gasteiger partial charge >= 0.3 is 0 Å². The maximum absolute atomic E-state index is 13.0. The van der Waals surface area contributed by atoms with Crippen molar-refractivity contribution >= 4 is 17.7 Å². The highest BCUT2D eigenvalue weighted by atomic mass is 16.3. The predicted octanol–water partition coefficient (Wildman–Crippen LogP) is 0.296. The lowest BCUT2D eigenvalue weighted by atomic mass is 9.70. The first kappa shape index (κ1) is 20.4. The number of likely N-dealkylation sites (tertiary alicyclic amines) is 1. The molecule has 2 aliphatic rings. The first-order valence-corrected chi connectivity index (χ1v) is 9.56. The summed E-state index contributed by atoms with van der Waals surface area (Å²) in [7, 11) is 1.56. The van der Waals surface area contributed by atoms with E-state index >= 15 is 0 Å². The van der Waals surface area contributed by atoms with Gasteiger partial charge in [0.25, 0.3) is 0 Å². The summed E-state index contributed by atoms with van der Waals surface area (Å²) in [6.07, 6.45) is 6.82. The molecule has 1 heterocycles. The van der Waals surface area contributed by atoms with E-state index in [0.717, 1.165) is 19.3 Å². The molecule has 1 aliphatic heterocycles. The fourth-order valence-electron chi connectivity index (χ4n) is 4.20. The Kier molecular flexibility index (Phi) is 7.20. The van der Waals surface area contributed by atoms with Crippen LogP contribution in [0.1, 0.15) is 33.1 Å². The maximum atomic E-state index is 13.0. The van der Waals surface area contributed by atoms with Gasteiger partial charge in [-0.15, -0.1) is 0 Å². The predicted molar refractivity (Wildman–Crippen MR) is 98.0 cm³/mol. The Morgan fingerprint density at radius 2 is 1.96 bits per heavy atom. The highest BCUT2D eigenvalue weighted by Crippen LogP contribution is 2.43. The van der Waals surface area contributed by atoms with Crippen LogP contribution in [0, 0.1) is 23.7 Å². The molecule has 26 heavy (non-hydrogen) atoms. The summed E-state index contributed by atoms with van der Waals surface area (Å²) >= 11 is 0. The molecular weight excluding hydrogens is 334 g/mol. The molecule has 146 valence electrons. The van der Waals surface area contributed by atoms with Crippen molar-refractivity contribution < 1.29 is 19.5 Å². The van der Waals surface area contributed by atoms with Gasteiger partial charge < -0.3 is 20.6 Å². The highest BCUT2D eigenvalue weighted by molar-refractivity contribution is 5.96. The Labute approximate surface area is 155 Å². The molecule has 0 unspecified atom stereocenters. The highest BCUT2D eigenvalue weighted by Gasteiger charge is 2.56. The first-order chi connectivity index (χ1) is 12.5. The van der Waals surface area contributed by atoms with Crippen LogP contribution in [0.4, 0.5) is 0 Å². The van der Waals surface area contributed by atoms with E-state index in [1.165, 1.54) is 4.90 Å². The summed E-state index contributed by atoms with van der Waals surface area (Å²) in [5.74, 6) is -2.10. The number of β-amino-alcohol motifs (C(OH)–C–C–N with tert-alkyl or cyclic N) is 1. The van der Waals surface area contributed by atoms with Crippen LogP contribution in [0.5, 0.6) is 0 Å². The van der Waals surface area contributed by atoms with E-state index in [1.54, 1.807) is 7.05 Å². The van der Waals surface area contributed by atoms with E-state index in [0.29, 0.717) is 6.54 Å². The summed E-state index contributed by atoms with van der Waals surface area (Å²) in [5, 5.41) is 14.9. The molecule has 0 aromatic rings. The number of fused-ring (bicyclic) bond motifs is 1. The molecule has 0 bridgehead atoms. The number of nitrogens with one attached hydrogen (secondary N) is 2. The number of nitrogens with zero attached hydrogens (tertiary/aromatic N) is 1. The number of carbonyl (C=O) groups is 3. The molecule has 5 atom stereocenters. The van der Waals surface area contributed by atoms with Gasteiger partial charge in [-0.2, -0.15) is 0 Å². The second-order valence-corrected chi connectivity index (χ2v) is 7.19. The minimum atomic E-state index is -0.669. The fraction of sp³-hybridized carbons (Fsp3) is 0.737. The molecule has 7 nitrogen and oxygen atoms in total. The third-order valence-electron chi connectivity index (χ3n) is 5.51. The summed E-state index contributed by atoms with van der Waals surface area (Å²) < 4.78 is 0. The van der Waals surface area contributed by atoms with E-state index in [2.05, 4.69) is 17.6 Å². The summed E-state index contributed by atoms with van der Waals surface area (Å²) in [5.41, 5.74) is 0. The van der Waals surface area contributed by atoms with E-state index in [9.17, 15) is 19.5 Å². The van der Waals surface area contributed by atoms with Crippen LogP contribution in [-0.4, -0.2) is 60.5 Å². The molecule has 0 aromatic carbocycles. The average Bonchev–Trinajstić information content (AvgIpc) is 2.91. The topological polar surface area (TPSA) is 98.7 Å². The lowest BCUT2D eigenvalue weighted by Gasteiger charge is -2.32. The van der Waals surface area contributed by atoms with Crippen molar-refractivity contribution in [1.82, 2.24) is 15.5 Å². The van der Waals surface area contributed by atoms with Crippen molar-refractivity contribution in [3.8, 4) is 0 Å². The quantitative estimate of drug-likeness (QED) is 0.425. The molecule has 0 aromatic heterocycles. The number of aliphatic hydroxyl groups excluding tert-OH is 1. The minimum Gasteiger partial charge on any atom is -0.395 e. The number of hydrogen-bond acceptors (Lipinski definition) is 4. The van der Waals surface area contributed by atoms with Crippen molar-refractivity contribution in [2.75, 3.05) is 26.7 Å². The lowest BCUT2D eigenvalue weighted by molar-refractivity contribution is -0.141. The summed E-state index contributed by atoms with van der Waals surface area (Å²) in [6.45, 7) is 4.46. The Morgan fingerprint density at radius 1 is 1.23 bits per heavy atom. The van der Waals surface area contributed by atoms with Crippen molar-refractivity contribution in [3.63, 3.8) is 0 Å². The molecule has 1 aliphatic carbocycles. The summed E-state index contributed by atoms with van der Waals surface area (Å²) in [4.78, 5) is 39.7. The molecule has 1 fully saturated rings. The van der Waals surface area contributed by atoms with Crippen molar-refractivity contribution in [2.24, 2.45) is 23.7 Å². The monoisotopic (exact) mass is 365 g/mol. The van der Waals surface area contributed by atoms with Crippen LogP contribution in [0.15, 0.2) is 12.2 Å². The largest absolute Gasteiger partial charge is 0.395 e. The van der Waals surface area contributed by atoms with Crippen molar-refractivity contribution in [1.29, 1.82) is 0 Å². The van der Waals surface area contributed by atoms with Gasteiger partial charge in [0.2, 0.25) is 17.7 Å². The molecule has 3 amide bonds. The molecule has 1 saturated heterocycles. The van der Waals surface area contributed by atoms with Gasteiger partial charge in [-0.3, -0.25) is 14.4 Å². The Hall–Kier alpha value is -1.89. The number of unbranched alkanes of at least 4 members (excludes halogenated alkanes) is 2. The first-order valence-electron chi connectivity index (χ1n) is 9.56. The maximum Gasteiger partial charge on any atom is 0.243 e. The van der Waals surface area contributed by atoms with E-state index in [-0.39, 0.29) is 42.7 Å². The molecule has 3 N–H and O–H groups in total. The number of hydrogen-bond donors (Lipinski definition) is 3. The smallest absolute Gasteiger partial charge is 0.243 e. The van der Waals surface area contributed by atoms with Gasteiger partial charge in [0.05, 0.1) is 18.4 Å². The molecule has 2 rings (SSSR count). The minimum absolute atomic E-state index is 0.0810. The molecule has 7 heteroatoms. The van der Waals surface area contributed by atoms with Crippen LogP contribution < -0.4 is 10.6 Å². The van der Waals surface area contributed by atoms with Gasteiger partial charge in [0, 0.05) is 26.1 Å². The zero-order valence-electron chi connectivity index (χ0n) is 15.9. The molecule has 0 saturated carbocycles. The van der Waals surface area contributed by atoms with Gasteiger partial charge in [-0.05, 0) is 12.3 Å². The van der Waals surface area contributed by atoms with Crippen LogP contribution in [0.3, 0.4) is 0 Å². The Bertz CT molecular complexity index is 563. The third kappa shape index (κ3) is 3.92. The normalized spacial score (nSPS) is 30.2. The standard InChI is InChI=1S/C19H31N3O4/c1-4-5-6-9-21-18(25)16-13-8-7-12(2)14(17(24)20-3)15(13)19(26)22(16)10-11-23/h7-8,12-16,23H,4-6,9-11H2,1-3H3,(H,20,24)(H,21,25)/t12-,13+,14-,15-,16+/m1/s1. The van der Waals surface area contributed by atoms with Gasteiger partial charge in [0.1, 0.15) is 6.04 Å². The van der Waals surface area contributed by atoms with Crippen LogP contribution >= 0.6 is 0 Å². The zero-order valence-corrected chi connectivity index (χ0v) is 15.9. The molecular formula is C19H31N3O4. The van der Waals surface area contributed by atoms with Gasteiger partial charge in [-0.1, -0.05) is 38.8 Å². The fourth-order valence-corrected chi connectivity index (χ4v) is 4.20. The second-order valence-electron chi connectivity index (χ2n) is 7.19. The van der Waals surface area contributed by atoms with E-state index in [1.807, 2.05) is 19.1 Å². The number of rotatable bonds is 8. The number of aliphatic hydroxyl groups is 1. The lowest BCUT2D eigenvalue weighted by Crippen LogP contribution is -2.48. The van der Waals surface area contributed by atoms with Gasteiger partial charge in [0.15, 0.2) is 0 Å². The van der Waals surface area contributed by atoms with E-state index < -0.39 is 17.9 Å². The molecule has 0 spiro atoms. The number of amides is 3. The third-order valence-corrected chi connectivity index (χ3v) is 5.51. The number of carbonyl (C=O) groups excluding carboxylic acids is 3. The molecule has 0 radical (unpaired) electrons. The van der Waals surface area contributed by atoms with Crippen molar-refractivity contribution in [3.05, 3.63) is 12.2 Å². The van der Waals surface area contributed by atoms with Crippen LogP contribution in [0.2, 0.25) is 0 Å². The Balaban J connectivity index is 2.26.